The number of rotatable bonds is 16. The van der Waals surface area contributed by atoms with Gasteiger partial charge in [-0.2, -0.15) is 0 Å². The lowest BCUT2D eigenvalue weighted by Gasteiger charge is -2.48. The van der Waals surface area contributed by atoms with E-state index in [4.69, 9.17) is 42.6 Å². The summed E-state index contributed by atoms with van der Waals surface area (Å²) in [4.78, 5) is 56.8. The molecule has 10 atom stereocenters. The first-order chi connectivity index (χ1) is 31.3. The molecule has 64 heavy (non-hydrogen) atoms. The van der Waals surface area contributed by atoms with Crippen molar-refractivity contribution < 1.29 is 61.8 Å². The molecule has 0 saturated carbocycles. The first-order valence-corrected chi connectivity index (χ1v) is 21.1. The lowest BCUT2D eigenvalue weighted by atomic mass is 9.88. The summed E-state index contributed by atoms with van der Waals surface area (Å²) < 4.78 is 56.7. The van der Waals surface area contributed by atoms with Gasteiger partial charge in [0.05, 0.1) is 36.0 Å². The van der Waals surface area contributed by atoms with Crippen molar-refractivity contribution in [1.82, 2.24) is 4.90 Å². The minimum atomic E-state index is -1.48. The van der Waals surface area contributed by atoms with E-state index >= 15 is 0 Å². The first-order valence-electron chi connectivity index (χ1n) is 21.1. The monoisotopic (exact) mass is 871 g/mol. The normalized spacial score (nSPS) is 26.3. The summed E-state index contributed by atoms with van der Waals surface area (Å²) >= 11 is 0. The van der Waals surface area contributed by atoms with Crippen LogP contribution in [0.4, 0.5) is 4.79 Å². The van der Waals surface area contributed by atoms with Crippen LogP contribution in [0, 0.1) is 5.92 Å². The molecule has 3 fully saturated rings. The lowest BCUT2D eigenvalue weighted by Crippen LogP contribution is -2.66. The van der Waals surface area contributed by atoms with Crippen molar-refractivity contribution in [3.63, 3.8) is 0 Å². The Hall–Kier alpha value is -6.42. The molecule has 0 radical (unpaired) electrons. The van der Waals surface area contributed by atoms with Gasteiger partial charge in [-0.1, -0.05) is 122 Å². The minimum Gasteiger partial charge on any atom is -0.459 e. The molecule has 0 bridgehead atoms. The molecular weight excluding hydrogens is 823 g/mol. The van der Waals surface area contributed by atoms with E-state index in [2.05, 4.69) is 0 Å². The predicted octanol–water partition coefficient (Wildman–Crippen LogP) is 7.02. The zero-order valence-electron chi connectivity index (χ0n) is 35.3. The van der Waals surface area contributed by atoms with Gasteiger partial charge in [0.1, 0.15) is 31.0 Å². The van der Waals surface area contributed by atoms with Crippen LogP contribution in [0.25, 0.3) is 0 Å². The van der Waals surface area contributed by atoms with E-state index < -0.39 is 85.9 Å². The van der Waals surface area contributed by atoms with Gasteiger partial charge in [-0.05, 0) is 47.5 Å². The summed E-state index contributed by atoms with van der Waals surface area (Å²) in [7, 11) is 1.34. The van der Waals surface area contributed by atoms with Gasteiger partial charge >= 0.3 is 24.0 Å². The van der Waals surface area contributed by atoms with Crippen LogP contribution in [-0.4, -0.2) is 104 Å². The van der Waals surface area contributed by atoms with E-state index in [-0.39, 0.29) is 35.8 Å². The number of amides is 1. The maximum atomic E-state index is 14.1. The number of benzene rings is 5. The van der Waals surface area contributed by atoms with Crippen molar-refractivity contribution in [3.05, 3.63) is 179 Å². The maximum Gasteiger partial charge on any atom is 0.410 e. The van der Waals surface area contributed by atoms with Gasteiger partial charge in [-0.25, -0.2) is 19.2 Å². The second kappa shape index (κ2) is 20.8. The molecule has 3 heterocycles. The molecule has 4 unspecified atom stereocenters. The predicted molar refractivity (Wildman–Crippen MR) is 229 cm³/mol. The van der Waals surface area contributed by atoms with Crippen LogP contribution < -0.4 is 0 Å². The smallest absolute Gasteiger partial charge is 0.410 e. The van der Waals surface area contributed by atoms with E-state index in [1.54, 1.807) is 95.9 Å². The Morgan fingerprint density at radius 2 is 1.08 bits per heavy atom. The van der Waals surface area contributed by atoms with Crippen LogP contribution in [0.3, 0.4) is 0 Å². The van der Waals surface area contributed by atoms with Crippen LogP contribution >= 0.6 is 0 Å². The first kappa shape index (κ1) is 44.2. The molecule has 3 aliphatic heterocycles. The number of fused-ring (bicyclic) bond motifs is 1. The Kier molecular flexibility index (Phi) is 14.4. The van der Waals surface area contributed by atoms with Crippen molar-refractivity contribution in [3.8, 4) is 0 Å². The van der Waals surface area contributed by atoms with E-state index in [1.165, 1.54) is 7.11 Å². The van der Waals surface area contributed by atoms with E-state index in [0.29, 0.717) is 6.61 Å². The van der Waals surface area contributed by atoms with Gasteiger partial charge in [-0.3, -0.25) is 4.90 Å². The van der Waals surface area contributed by atoms with E-state index in [9.17, 15) is 19.2 Å². The highest BCUT2D eigenvalue weighted by molar-refractivity contribution is 5.91. The highest BCUT2D eigenvalue weighted by atomic mass is 16.8. The molecule has 0 spiro atoms. The number of nitrogens with zero attached hydrogens (tertiary/aromatic N) is 1. The van der Waals surface area contributed by atoms with Crippen LogP contribution in [0.5, 0.6) is 0 Å². The van der Waals surface area contributed by atoms with Crippen molar-refractivity contribution in [2.45, 2.75) is 75.3 Å². The molecule has 3 aliphatic rings. The average Bonchev–Trinajstić information content (AvgIpc) is 3.67. The number of carbonyl (C=O) groups excluding carboxylic acids is 4. The molecule has 1 amide bonds. The molecule has 14 nitrogen and oxygen atoms in total. The molecule has 3 saturated heterocycles. The molecule has 5 aromatic carbocycles. The van der Waals surface area contributed by atoms with Gasteiger partial charge in [0.2, 0.25) is 0 Å². The highest BCUT2D eigenvalue weighted by Gasteiger charge is 2.59. The molecule has 0 aromatic heterocycles. The zero-order chi connectivity index (χ0) is 44.4. The standard InChI is InChI=1S/C50H49NO13/c1-32-38(30-57-29-34-20-10-4-11-21-34)59-48(40-41(32)64-50(55)51(40)28-33-18-8-3-9-19-33)63-42-39(31-58-45(52)35-22-12-5-13-23-35)60-49(56-2)44(62-47(54)37-26-16-7-17-27-37)43(42)61-46(53)36-24-14-6-15-25-36/h3-27,32,38-44,48-49H,28-31H2,1-2H3/t32-,38?,39?,40?,41+,42-,43+,44?,48-,49+/m1/s1. The zero-order valence-corrected chi connectivity index (χ0v) is 35.3. The lowest BCUT2D eigenvalue weighted by molar-refractivity contribution is -0.340. The quantitative estimate of drug-likeness (QED) is 0.0738. The molecule has 0 N–H and O–H groups in total. The molecule has 5 aromatic rings. The third-order valence-electron chi connectivity index (χ3n) is 11.5. The van der Waals surface area contributed by atoms with Crippen molar-refractivity contribution in [2.24, 2.45) is 5.92 Å². The van der Waals surface area contributed by atoms with E-state index in [1.807, 2.05) is 67.6 Å². The van der Waals surface area contributed by atoms with Crippen LogP contribution in [0.2, 0.25) is 0 Å². The number of hydrogen-bond acceptors (Lipinski definition) is 13. The number of carbonyl (C=O) groups is 4. The van der Waals surface area contributed by atoms with E-state index in [0.717, 1.165) is 11.1 Å². The second-order valence-electron chi connectivity index (χ2n) is 15.7. The van der Waals surface area contributed by atoms with Gasteiger partial charge < -0.3 is 42.6 Å². The van der Waals surface area contributed by atoms with Crippen molar-refractivity contribution in [1.29, 1.82) is 0 Å². The number of ether oxygens (including phenoxy) is 9. The van der Waals surface area contributed by atoms with Gasteiger partial charge in [0.15, 0.2) is 24.8 Å². The van der Waals surface area contributed by atoms with Crippen LogP contribution in [0.15, 0.2) is 152 Å². The summed E-state index contributed by atoms with van der Waals surface area (Å²) in [5.74, 6) is -2.56. The Morgan fingerprint density at radius 3 is 1.64 bits per heavy atom. The summed E-state index contributed by atoms with van der Waals surface area (Å²) in [6.07, 6.45) is -10.2. The Bertz CT molecular complexity index is 2300. The fourth-order valence-corrected chi connectivity index (χ4v) is 8.11. The van der Waals surface area contributed by atoms with Crippen molar-refractivity contribution >= 4 is 24.0 Å². The fourth-order valence-electron chi connectivity index (χ4n) is 8.11. The Balaban J connectivity index is 1.18. The molecular formula is C50H49NO13. The summed E-state index contributed by atoms with van der Waals surface area (Å²) in [5, 5.41) is 0. The Morgan fingerprint density at radius 1 is 0.578 bits per heavy atom. The van der Waals surface area contributed by atoms with Crippen molar-refractivity contribution in [2.75, 3.05) is 20.3 Å². The van der Waals surface area contributed by atoms with Crippen LogP contribution in [0.1, 0.15) is 49.1 Å². The van der Waals surface area contributed by atoms with Crippen LogP contribution in [-0.2, 0) is 55.8 Å². The molecule has 14 heteroatoms. The molecule has 0 aliphatic carbocycles. The summed E-state index contributed by atoms with van der Waals surface area (Å²) in [6, 6.07) is 43.2. The maximum absolute atomic E-state index is 14.1. The summed E-state index contributed by atoms with van der Waals surface area (Å²) in [5.41, 5.74) is 2.48. The third-order valence-corrected chi connectivity index (χ3v) is 11.5. The number of hydrogen-bond donors (Lipinski definition) is 0. The Labute approximate surface area is 370 Å². The topological polar surface area (TPSA) is 155 Å². The van der Waals surface area contributed by atoms with Gasteiger partial charge in [0.25, 0.3) is 0 Å². The minimum absolute atomic E-state index is 0.101. The fraction of sp³-hybridized carbons (Fsp3) is 0.320. The number of esters is 3. The average molecular weight is 872 g/mol. The third kappa shape index (κ3) is 10.3. The largest absolute Gasteiger partial charge is 0.459 e. The number of methoxy groups -OCH3 is 1. The van der Waals surface area contributed by atoms with Gasteiger partial charge in [0, 0.05) is 19.6 Å². The second-order valence-corrected chi connectivity index (χ2v) is 15.7. The molecule has 8 rings (SSSR count). The SMILES string of the molecule is CO[C@H]1OC(COC(=O)c2ccccc2)[C@@H](O[C@H]2OC(COCc3ccccc3)[C@@H](C)[C@@H]3OC(=O)N(Cc4ccccc4)C23)[C@H](OC(=O)c2ccccc2)C1OC(=O)c1ccccc1. The van der Waals surface area contributed by atoms with Gasteiger partial charge in [-0.15, -0.1) is 0 Å². The molecule has 332 valence electrons. The highest BCUT2D eigenvalue weighted by Crippen LogP contribution is 2.40. The summed E-state index contributed by atoms with van der Waals surface area (Å²) in [6.45, 7) is 2.04.